The van der Waals surface area contributed by atoms with Gasteiger partial charge in [-0.1, -0.05) is 74.0 Å². The van der Waals surface area contributed by atoms with E-state index in [9.17, 15) is 14.4 Å². The molecule has 9 heteroatoms. The molecule has 0 radical (unpaired) electrons. The van der Waals surface area contributed by atoms with Gasteiger partial charge in [-0.3, -0.25) is 19.3 Å². The number of imide groups is 1. The zero-order valence-electron chi connectivity index (χ0n) is 20.3. The molecule has 3 amide bonds. The van der Waals surface area contributed by atoms with Gasteiger partial charge in [0.2, 0.25) is 17.7 Å². The van der Waals surface area contributed by atoms with Crippen LogP contribution in [0, 0.1) is 17.8 Å². The second kappa shape index (κ2) is 8.82. The van der Waals surface area contributed by atoms with Crippen LogP contribution in [-0.2, 0) is 24.1 Å². The van der Waals surface area contributed by atoms with Crippen molar-refractivity contribution in [1.82, 2.24) is 4.90 Å². The van der Waals surface area contributed by atoms with Crippen molar-refractivity contribution in [2.45, 2.75) is 29.6 Å². The Bertz CT molecular complexity index is 1420. The molecule has 1 heterocycles. The Hall–Kier alpha value is -2.38. The number of halogens is 4. The number of rotatable bonds is 4. The highest BCUT2D eigenvalue weighted by atomic mass is 79.9. The monoisotopic (exact) mass is 630 g/mol. The molecule has 4 aliphatic rings. The molecule has 1 saturated heterocycles. The van der Waals surface area contributed by atoms with Gasteiger partial charge in [0.05, 0.1) is 16.9 Å². The number of likely N-dealkylation sites (tertiary alicyclic amines) is 1. The van der Waals surface area contributed by atoms with E-state index in [-0.39, 0.29) is 5.92 Å². The van der Waals surface area contributed by atoms with Crippen LogP contribution in [0.25, 0.3) is 0 Å². The normalized spacial score (nSPS) is 27.7. The van der Waals surface area contributed by atoms with Gasteiger partial charge in [-0.05, 0) is 62.3 Å². The first-order valence-corrected chi connectivity index (χ1v) is 14.2. The number of carbonyl (C=O) groups excluding carboxylic acids is 3. The molecule has 1 fully saturated rings. The molecule has 0 unspecified atom stereocenters. The number of amides is 3. The quantitative estimate of drug-likeness (QED) is 0.259. The molecule has 3 aliphatic carbocycles. The molecular weight excluding hydrogens is 611 g/mol. The lowest BCUT2D eigenvalue weighted by molar-refractivity contribution is -0.148. The van der Waals surface area contributed by atoms with Crippen molar-refractivity contribution in [3.8, 4) is 0 Å². The van der Waals surface area contributed by atoms with Gasteiger partial charge in [-0.15, -0.1) is 23.2 Å². The van der Waals surface area contributed by atoms with E-state index in [1.54, 1.807) is 32.0 Å². The summed E-state index contributed by atoms with van der Waals surface area (Å²) in [5, 5.41) is 3.25. The highest BCUT2D eigenvalue weighted by Crippen LogP contribution is 2.69. The van der Waals surface area contributed by atoms with Crippen molar-refractivity contribution in [2.24, 2.45) is 17.8 Å². The first-order valence-electron chi connectivity index (χ1n) is 12.2. The molecule has 2 bridgehead atoms. The van der Waals surface area contributed by atoms with Crippen LogP contribution in [0.3, 0.4) is 0 Å². The van der Waals surface area contributed by atoms with Crippen LogP contribution in [-0.4, -0.2) is 28.7 Å². The standard InChI is InChI=1S/C29H22BrCl3N2O3/c1-14(2)24(25(36)34-15-11-12-20(30)21(31)13-15)35-26(37)22-23(27(35)38)29(33)17-8-4-3-7-16(17)28(22,32)18-9-5-6-10-19(18)29/h3-14,22-24H,1-2H3,(H,34,36)/t22-,23+,24-,28?,29?/m0/s1. The fourth-order valence-corrected chi connectivity index (χ4v) is 8.00. The van der Waals surface area contributed by atoms with Crippen molar-refractivity contribution in [3.05, 3.63) is 98.5 Å². The fourth-order valence-electron chi connectivity index (χ4n) is 6.47. The predicted octanol–water partition coefficient (Wildman–Crippen LogP) is 6.66. The average molecular weight is 633 g/mol. The summed E-state index contributed by atoms with van der Waals surface area (Å²) in [6.45, 7) is 3.60. The first kappa shape index (κ1) is 25.9. The van der Waals surface area contributed by atoms with Gasteiger partial charge in [0.1, 0.15) is 15.8 Å². The van der Waals surface area contributed by atoms with E-state index < -0.39 is 45.3 Å². The first-order chi connectivity index (χ1) is 18.0. The Labute approximate surface area is 243 Å². The topological polar surface area (TPSA) is 66.5 Å². The van der Waals surface area contributed by atoms with E-state index in [0.29, 0.717) is 15.2 Å². The lowest BCUT2D eigenvalue weighted by Crippen LogP contribution is -2.57. The highest BCUT2D eigenvalue weighted by Gasteiger charge is 2.73. The van der Waals surface area contributed by atoms with E-state index in [1.807, 2.05) is 48.5 Å². The van der Waals surface area contributed by atoms with Gasteiger partial charge < -0.3 is 5.32 Å². The van der Waals surface area contributed by atoms with Gasteiger partial charge in [-0.25, -0.2) is 0 Å². The Kier molecular flexibility index (Phi) is 6.00. The Morgan fingerprint density at radius 2 is 1.32 bits per heavy atom. The lowest BCUT2D eigenvalue weighted by Gasteiger charge is -2.54. The van der Waals surface area contributed by atoms with Crippen LogP contribution in [0.2, 0.25) is 5.02 Å². The molecule has 5 nitrogen and oxygen atoms in total. The number of nitrogens with zero attached hydrogens (tertiary/aromatic N) is 1. The molecular formula is C29H22BrCl3N2O3. The summed E-state index contributed by atoms with van der Waals surface area (Å²) in [6.07, 6.45) is 0. The summed E-state index contributed by atoms with van der Waals surface area (Å²) in [7, 11) is 0. The number of nitrogens with one attached hydrogen (secondary N) is 1. The third kappa shape index (κ3) is 3.27. The van der Waals surface area contributed by atoms with E-state index in [2.05, 4.69) is 21.2 Å². The molecule has 38 heavy (non-hydrogen) atoms. The number of alkyl halides is 2. The van der Waals surface area contributed by atoms with Gasteiger partial charge in [0, 0.05) is 10.2 Å². The maximum Gasteiger partial charge on any atom is 0.247 e. The molecule has 0 aromatic heterocycles. The number of anilines is 1. The van der Waals surface area contributed by atoms with Gasteiger partial charge in [0.25, 0.3) is 0 Å². The maximum absolute atomic E-state index is 14.3. The molecule has 0 spiro atoms. The van der Waals surface area contributed by atoms with Crippen LogP contribution >= 0.6 is 50.7 Å². The van der Waals surface area contributed by atoms with Crippen LogP contribution in [0.4, 0.5) is 5.69 Å². The van der Waals surface area contributed by atoms with Crippen LogP contribution in [0.15, 0.2) is 71.2 Å². The minimum atomic E-state index is -1.30. The molecule has 194 valence electrons. The Morgan fingerprint density at radius 1 is 0.868 bits per heavy atom. The minimum absolute atomic E-state index is 0.381. The van der Waals surface area contributed by atoms with Crippen molar-refractivity contribution < 1.29 is 14.4 Å². The highest BCUT2D eigenvalue weighted by molar-refractivity contribution is 9.10. The second-order valence-electron chi connectivity index (χ2n) is 10.3. The number of carbonyl (C=O) groups is 3. The summed E-state index contributed by atoms with van der Waals surface area (Å²) < 4.78 is 0.681. The Morgan fingerprint density at radius 3 is 1.71 bits per heavy atom. The maximum atomic E-state index is 14.3. The number of hydrogen-bond acceptors (Lipinski definition) is 3. The minimum Gasteiger partial charge on any atom is -0.324 e. The van der Waals surface area contributed by atoms with Crippen LogP contribution in [0.5, 0.6) is 0 Å². The van der Waals surface area contributed by atoms with Crippen molar-refractivity contribution in [1.29, 1.82) is 0 Å². The van der Waals surface area contributed by atoms with E-state index >= 15 is 0 Å². The zero-order chi connectivity index (χ0) is 27.1. The summed E-state index contributed by atoms with van der Waals surface area (Å²) in [4.78, 5) is 40.7. The summed E-state index contributed by atoms with van der Waals surface area (Å²) >= 11 is 24.5. The molecule has 1 aliphatic heterocycles. The molecule has 3 aromatic carbocycles. The third-order valence-corrected chi connectivity index (χ3v) is 10.5. The number of hydrogen-bond donors (Lipinski definition) is 1. The zero-order valence-corrected chi connectivity index (χ0v) is 24.2. The SMILES string of the molecule is CC(C)[C@@H](C(=O)Nc1ccc(Br)c(Cl)c1)N1C(=O)[C@@H]2[C@H](C1=O)C1(Cl)c3ccccc3C2(Cl)c2ccccc21. The summed E-state index contributed by atoms with van der Waals surface area (Å²) in [5.74, 6) is -3.79. The molecule has 3 atom stereocenters. The van der Waals surface area contributed by atoms with Crippen molar-refractivity contribution in [2.75, 3.05) is 5.32 Å². The van der Waals surface area contributed by atoms with Gasteiger partial charge in [-0.2, -0.15) is 0 Å². The molecule has 3 aromatic rings. The van der Waals surface area contributed by atoms with Gasteiger partial charge >= 0.3 is 0 Å². The van der Waals surface area contributed by atoms with Gasteiger partial charge in [0.15, 0.2) is 0 Å². The molecule has 7 rings (SSSR count). The smallest absolute Gasteiger partial charge is 0.247 e. The lowest BCUT2D eigenvalue weighted by atomic mass is 9.54. The van der Waals surface area contributed by atoms with E-state index in [0.717, 1.165) is 27.2 Å². The predicted molar refractivity (Wildman–Crippen MR) is 151 cm³/mol. The second-order valence-corrected chi connectivity index (χ2v) is 12.8. The largest absolute Gasteiger partial charge is 0.324 e. The summed E-state index contributed by atoms with van der Waals surface area (Å²) in [6, 6.07) is 18.8. The van der Waals surface area contributed by atoms with Crippen LogP contribution in [0.1, 0.15) is 36.1 Å². The summed E-state index contributed by atoms with van der Waals surface area (Å²) in [5.41, 5.74) is 3.32. The molecule has 1 N–H and O–H groups in total. The molecule has 0 saturated carbocycles. The third-order valence-electron chi connectivity index (χ3n) is 7.98. The average Bonchev–Trinajstić information content (AvgIpc) is 3.16. The fraction of sp³-hybridized carbons (Fsp3) is 0.276. The number of benzene rings is 3. The van der Waals surface area contributed by atoms with E-state index in [1.165, 1.54) is 0 Å². The Balaban J connectivity index is 1.47. The van der Waals surface area contributed by atoms with E-state index in [4.69, 9.17) is 34.8 Å². The van der Waals surface area contributed by atoms with Crippen molar-refractivity contribution >= 4 is 74.1 Å². The van der Waals surface area contributed by atoms with Crippen molar-refractivity contribution in [3.63, 3.8) is 0 Å². The van der Waals surface area contributed by atoms with Crippen LogP contribution < -0.4 is 5.32 Å².